The summed E-state index contributed by atoms with van der Waals surface area (Å²) in [5, 5.41) is 9.50. The average molecular weight is 212 g/mol. The maximum atomic E-state index is 11.5. The van der Waals surface area contributed by atoms with Crippen LogP contribution in [-0.4, -0.2) is 30.6 Å². The van der Waals surface area contributed by atoms with E-state index >= 15 is 0 Å². The second-order valence-corrected chi connectivity index (χ2v) is 4.21. The van der Waals surface area contributed by atoms with E-state index in [1.54, 1.807) is 0 Å². The van der Waals surface area contributed by atoms with Crippen LogP contribution in [0.15, 0.2) is 12.2 Å². The third kappa shape index (κ3) is 1.79. The highest BCUT2D eigenvalue weighted by Crippen LogP contribution is 2.41. The maximum Gasteiger partial charge on any atom is 0.312 e. The zero-order valence-corrected chi connectivity index (χ0v) is 8.92. The number of ether oxygens (including phenoxy) is 2. The van der Waals surface area contributed by atoms with Gasteiger partial charge in [0.15, 0.2) is 6.29 Å². The molecule has 2 aliphatic rings. The van der Waals surface area contributed by atoms with Gasteiger partial charge in [-0.2, -0.15) is 0 Å². The van der Waals surface area contributed by atoms with Crippen molar-refractivity contribution in [1.29, 1.82) is 0 Å². The van der Waals surface area contributed by atoms with Crippen LogP contribution in [0.5, 0.6) is 0 Å². The molecule has 15 heavy (non-hydrogen) atoms. The van der Waals surface area contributed by atoms with Gasteiger partial charge in [-0.15, -0.1) is 0 Å². The molecule has 0 amide bonds. The number of hydrogen-bond donors (Lipinski definition) is 1. The zero-order valence-electron chi connectivity index (χ0n) is 8.92. The van der Waals surface area contributed by atoms with Crippen molar-refractivity contribution in [2.45, 2.75) is 25.7 Å². The Morgan fingerprint density at radius 1 is 1.53 bits per heavy atom. The van der Waals surface area contributed by atoms with Crippen LogP contribution in [0, 0.1) is 17.8 Å². The van der Waals surface area contributed by atoms with Gasteiger partial charge in [-0.05, 0) is 12.8 Å². The standard InChI is InChI=1S/C11H16O4/c1-6-7-3-4-8(11(13)14-2)9(7)5-10(12)15-6/h3-4,6-10,12H,5H2,1-2H3/t6-,7+,8+,9-,10?/m0/s1. The molecule has 1 saturated heterocycles. The average Bonchev–Trinajstić information content (AvgIpc) is 2.60. The first kappa shape index (κ1) is 10.6. The van der Waals surface area contributed by atoms with E-state index in [9.17, 15) is 9.90 Å². The molecule has 0 spiro atoms. The summed E-state index contributed by atoms with van der Waals surface area (Å²) in [6, 6.07) is 0. The largest absolute Gasteiger partial charge is 0.469 e. The maximum absolute atomic E-state index is 11.5. The highest BCUT2D eigenvalue weighted by molar-refractivity contribution is 5.75. The SMILES string of the molecule is COC(=O)[C@@H]1C=C[C@H]2[C@@H]1CC(O)O[C@H]2C. The van der Waals surface area contributed by atoms with E-state index in [-0.39, 0.29) is 29.8 Å². The lowest BCUT2D eigenvalue weighted by molar-refractivity contribution is -0.191. The van der Waals surface area contributed by atoms with Gasteiger partial charge in [-0.25, -0.2) is 0 Å². The Labute approximate surface area is 88.9 Å². The highest BCUT2D eigenvalue weighted by Gasteiger charge is 2.44. The fraction of sp³-hybridized carbons (Fsp3) is 0.727. The molecule has 1 aliphatic heterocycles. The minimum atomic E-state index is -0.756. The number of esters is 1. The Bertz CT molecular complexity index is 286. The summed E-state index contributed by atoms with van der Waals surface area (Å²) in [6.45, 7) is 1.92. The van der Waals surface area contributed by atoms with Gasteiger partial charge >= 0.3 is 5.97 Å². The molecule has 0 radical (unpaired) electrons. The van der Waals surface area contributed by atoms with E-state index < -0.39 is 6.29 Å². The molecule has 1 N–H and O–H groups in total. The van der Waals surface area contributed by atoms with Crippen molar-refractivity contribution in [2.75, 3.05) is 7.11 Å². The van der Waals surface area contributed by atoms with E-state index in [4.69, 9.17) is 9.47 Å². The van der Waals surface area contributed by atoms with Gasteiger partial charge in [0, 0.05) is 12.3 Å². The van der Waals surface area contributed by atoms with Gasteiger partial charge < -0.3 is 14.6 Å². The van der Waals surface area contributed by atoms with Crippen molar-refractivity contribution in [3.63, 3.8) is 0 Å². The second kappa shape index (κ2) is 3.94. The molecule has 0 saturated carbocycles. The van der Waals surface area contributed by atoms with Crippen LogP contribution < -0.4 is 0 Å². The quantitative estimate of drug-likeness (QED) is 0.513. The number of rotatable bonds is 1. The van der Waals surface area contributed by atoms with Gasteiger partial charge in [0.25, 0.3) is 0 Å². The first-order chi connectivity index (χ1) is 7.13. The summed E-state index contributed by atoms with van der Waals surface area (Å²) in [5.41, 5.74) is 0. The second-order valence-electron chi connectivity index (χ2n) is 4.21. The van der Waals surface area contributed by atoms with E-state index in [2.05, 4.69) is 0 Å². The molecule has 84 valence electrons. The zero-order chi connectivity index (χ0) is 11.0. The smallest absolute Gasteiger partial charge is 0.312 e. The summed E-state index contributed by atoms with van der Waals surface area (Å²) in [6.07, 6.45) is 3.59. The van der Waals surface area contributed by atoms with Crippen LogP contribution in [-0.2, 0) is 14.3 Å². The van der Waals surface area contributed by atoms with E-state index in [1.807, 2.05) is 19.1 Å². The molecule has 1 aliphatic carbocycles. The molecule has 2 rings (SSSR count). The van der Waals surface area contributed by atoms with Crippen molar-refractivity contribution < 1.29 is 19.4 Å². The van der Waals surface area contributed by atoms with Crippen molar-refractivity contribution in [2.24, 2.45) is 17.8 Å². The summed E-state index contributed by atoms with van der Waals surface area (Å²) >= 11 is 0. The predicted octanol–water partition coefficient (Wildman–Crippen LogP) is 0.705. The first-order valence-electron chi connectivity index (χ1n) is 5.23. The summed E-state index contributed by atoms with van der Waals surface area (Å²) in [4.78, 5) is 11.5. The molecule has 4 nitrogen and oxygen atoms in total. The van der Waals surface area contributed by atoms with Crippen LogP contribution in [0.4, 0.5) is 0 Å². The Kier molecular flexibility index (Phi) is 2.80. The van der Waals surface area contributed by atoms with Gasteiger partial charge in [0.1, 0.15) is 0 Å². The third-order valence-electron chi connectivity index (χ3n) is 3.36. The Morgan fingerprint density at radius 3 is 2.93 bits per heavy atom. The first-order valence-corrected chi connectivity index (χ1v) is 5.23. The highest BCUT2D eigenvalue weighted by atomic mass is 16.6. The third-order valence-corrected chi connectivity index (χ3v) is 3.36. The Hall–Kier alpha value is -0.870. The summed E-state index contributed by atoms with van der Waals surface area (Å²) < 4.78 is 10.1. The fourth-order valence-electron chi connectivity index (χ4n) is 2.60. The monoisotopic (exact) mass is 212 g/mol. The summed E-state index contributed by atoms with van der Waals surface area (Å²) in [7, 11) is 1.39. The lowest BCUT2D eigenvalue weighted by Gasteiger charge is -2.36. The van der Waals surface area contributed by atoms with Crippen LogP contribution in [0.3, 0.4) is 0 Å². The van der Waals surface area contributed by atoms with Gasteiger partial charge in [0.05, 0.1) is 19.1 Å². The van der Waals surface area contributed by atoms with E-state index in [0.29, 0.717) is 6.42 Å². The molecule has 4 heteroatoms. The normalized spacial score (nSPS) is 43.8. The Morgan fingerprint density at radius 2 is 2.27 bits per heavy atom. The lowest BCUT2D eigenvalue weighted by Crippen LogP contribution is -2.40. The molecule has 0 bridgehead atoms. The molecule has 0 aromatic heterocycles. The number of fused-ring (bicyclic) bond motifs is 1. The predicted molar refractivity (Wildman–Crippen MR) is 52.8 cm³/mol. The lowest BCUT2D eigenvalue weighted by atomic mass is 9.80. The molecular weight excluding hydrogens is 196 g/mol. The van der Waals surface area contributed by atoms with E-state index in [0.717, 1.165) is 0 Å². The Balaban J connectivity index is 2.13. The minimum absolute atomic E-state index is 0.0374. The number of methoxy groups -OCH3 is 1. The molecule has 1 heterocycles. The number of aliphatic hydroxyl groups excluding tert-OH is 1. The van der Waals surface area contributed by atoms with Crippen LogP contribution in [0.25, 0.3) is 0 Å². The van der Waals surface area contributed by atoms with Crippen LogP contribution in [0.1, 0.15) is 13.3 Å². The topological polar surface area (TPSA) is 55.8 Å². The number of aliphatic hydroxyl groups is 1. The van der Waals surface area contributed by atoms with Crippen molar-refractivity contribution in [3.8, 4) is 0 Å². The molecular formula is C11H16O4. The van der Waals surface area contributed by atoms with Crippen molar-refractivity contribution in [3.05, 3.63) is 12.2 Å². The van der Waals surface area contributed by atoms with Crippen molar-refractivity contribution in [1.82, 2.24) is 0 Å². The van der Waals surface area contributed by atoms with Crippen LogP contribution in [0.2, 0.25) is 0 Å². The van der Waals surface area contributed by atoms with Gasteiger partial charge in [0.2, 0.25) is 0 Å². The molecule has 1 unspecified atom stereocenters. The molecule has 0 aromatic carbocycles. The van der Waals surface area contributed by atoms with Crippen LogP contribution >= 0.6 is 0 Å². The van der Waals surface area contributed by atoms with Gasteiger partial charge in [-0.1, -0.05) is 12.2 Å². The van der Waals surface area contributed by atoms with Gasteiger partial charge in [-0.3, -0.25) is 4.79 Å². The number of carbonyl (C=O) groups is 1. The van der Waals surface area contributed by atoms with Crippen molar-refractivity contribution >= 4 is 5.97 Å². The molecule has 1 fully saturated rings. The summed E-state index contributed by atoms with van der Waals surface area (Å²) in [5.74, 6) is -0.102. The molecule has 5 atom stereocenters. The minimum Gasteiger partial charge on any atom is -0.469 e. The fourth-order valence-corrected chi connectivity index (χ4v) is 2.60. The number of hydrogen-bond acceptors (Lipinski definition) is 4. The number of carbonyl (C=O) groups excluding carboxylic acids is 1. The van der Waals surface area contributed by atoms with E-state index in [1.165, 1.54) is 7.11 Å². The molecule has 0 aromatic rings.